The van der Waals surface area contributed by atoms with Gasteiger partial charge in [-0.1, -0.05) is 25.3 Å². The summed E-state index contributed by atoms with van der Waals surface area (Å²) in [5.41, 5.74) is 0.882. The highest BCUT2D eigenvalue weighted by atomic mass is 28.4. The number of aryl methyl sites for hydroxylation is 1. The molecule has 0 amide bonds. The van der Waals surface area contributed by atoms with Crippen molar-refractivity contribution in [3.63, 3.8) is 0 Å². The minimum absolute atomic E-state index is 0.744. The molecule has 0 unspecified atom stereocenters. The van der Waals surface area contributed by atoms with Gasteiger partial charge in [-0.2, -0.15) is 0 Å². The van der Waals surface area contributed by atoms with Gasteiger partial charge in [0, 0.05) is 6.61 Å². The molecule has 0 aliphatic carbocycles. The highest BCUT2D eigenvalue weighted by Gasteiger charge is 2.20. The van der Waals surface area contributed by atoms with E-state index in [1.54, 1.807) is 6.07 Å². The van der Waals surface area contributed by atoms with Gasteiger partial charge < -0.3 is 4.43 Å². The summed E-state index contributed by atoms with van der Waals surface area (Å²) in [6, 6.07) is 5.39. The fourth-order valence-electron chi connectivity index (χ4n) is 2.39. The van der Waals surface area contributed by atoms with Crippen LogP contribution >= 0.6 is 0 Å². The lowest BCUT2D eigenvalue weighted by Gasteiger charge is -2.21. The Labute approximate surface area is 122 Å². The molecule has 0 fully saturated rings. The molecule has 0 bridgehead atoms. The van der Waals surface area contributed by atoms with Crippen LogP contribution in [0.2, 0.25) is 19.1 Å². The third-order valence-corrected chi connectivity index (χ3v) is 6.14. The molecule has 0 saturated carbocycles. The lowest BCUT2D eigenvalue weighted by atomic mass is 10.1. The average Bonchev–Trinajstić information content (AvgIpc) is 2.37. The molecule has 20 heavy (non-hydrogen) atoms. The van der Waals surface area contributed by atoms with Gasteiger partial charge in [0.2, 0.25) is 0 Å². The van der Waals surface area contributed by atoms with E-state index in [4.69, 9.17) is 4.43 Å². The summed E-state index contributed by atoms with van der Waals surface area (Å²) >= 11 is 0. The molecule has 0 spiro atoms. The Morgan fingerprint density at radius 3 is 2.35 bits per heavy atom. The molecule has 1 nitrogen and oxygen atoms in total. The number of unbranched alkanes of at least 4 members (excludes halogenated alkanes) is 3. The van der Waals surface area contributed by atoms with Crippen molar-refractivity contribution in [2.24, 2.45) is 0 Å². The van der Waals surface area contributed by atoms with Crippen LogP contribution in [0.15, 0.2) is 18.2 Å². The zero-order valence-electron chi connectivity index (χ0n) is 12.8. The van der Waals surface area contributed by atoms with E-state index in [0.717, 1.165) is 31.4 Å². The van der Waals surface area contributed by atoms with Crippen LogP contribution in [0, 0.1) is 11.6 Å². The molecular weight excluding hydrogens is 274 g/mol. The Hall–Kier alpha value is -0.743. The quantitative estimate of drug-likeness (QED) is 0.443. The summed E-state index contributed by atoms with van der Waals surface area (Å²) < 4.78 is 31.6. The van der Waals surface area contributed by atoms with Crippen LogP contribution in [0.1, 0.15) is 38.2 Å². The zero-order valence-corrected chi connectivity index (χ0v) is 13.8. The maximum Gasteiger partial charge on any atom is 0.186 e. The summed E-state index contributed by atoms with van der Waals surface area (Å²) in [6.07, 6.45) is 5.38. The van der Waals surface area contributed by atoms with Crippen LogP contribution in [0.3, 0.4) is 0 Å². The predicted molar refractivity (Wildman–Crippen MR) is 82.4 cm³/mol. The van der Waals surface area contributed by atoms with Gasteiger partial charge in [-0.25, -0.2) is 8.78 Å². The molecule has 1 rings (SSSR count). The highest BCUT2D eigenvalue weighted by Crippen LogP contribution is 2.17. The van der Waals surface area contributed by atoms with Crippen molar-refractivity contribution in [2.45, 2.75) is 58.2 Å². The maximum absolute atomic E-state index is 13.0. The van der Waals surface area contributed by atoms with E-state index in [1.807, 2.05) is 0 Å². The number of hydrogen-bond donors (Lipinski definition) is 0. The van der Waals surface area contributed by atoms with Gasteiger partial charge in [-0.05, 0) is 56.6 Å². The first-order valence-electron chi connectivity index (χ1n) is 7.52. The minimum atomic E-state index is -1.43. The monoisotopic (exact) mass is 300 g/mol. The van der Waals surface area contributed by atoms with E-state index in [9.17, 15) is 8.78 Å². The van der Waals surface area contributed by atoms with E-state index < -0.39 is 20.0 Å². The standard InChI is InChI=1S/C16H26F2OSi/c1-4-19-20(2,3)12-8-6-5-7-9-14-10-11-15(17)16(18)13-14/h10-11,13H,4-9,12H2,1-3H3. The summed E-state index contributed by atoms with van der Waals surface area (Å²) in [6.45, 7) is 7.39. The average molecular weight is 300 g/mol. The summed E-state index contributed by atoms with van der Waals surface area (Å²) in [4.78, 5) is 0. The van der Waals surface area contributed by atoms with Crippen molar-refractivity contribution in [2.75, 3.05) is 6.61 Å². The highest BCUT2D eigenvalue weighted by molar-refractivity contribution is 6.71. The van der Waals surface area contributed by atoms with E-state index in [1.165, 1.54) is 31.0 Å². The van der Waals surface area contributed by atoms with Crippen LogP contribution in [0.25, 0.3) is 0 Å². The molecule has 1 aromatic carbocycles. The summed E-state index contributed by atoms with van der Waals surface area (Å²) in [5.74, 6) is -1.51. The third kappa shape index (κ3) is 6.62. The van der Waals surface area contributed by atoms with Gasteiger partial charge in [0.15, 0.2) is 20.0 Å². The maximum atomic E-state index is 13.0. The van der Waals surface area contributed by atoms with Crippen molar-refractivity contribution in [3.8, 4) is 0 Å². The fraction of sp³-hybridized carbons (Fsp3) is 0.625. The first kappa shape index (κ1) is 17.3. The SMILES string of the molecule is CCO[Si](C)(C)CCCCCCc1ccc(F)c(F)c1. The Morgan fingerprint density at radius 2 is 1.70 bits per heavy atom. The summed E-state index contributed by atoms with van der Waals surface area (Å²) in [7, 11) is -1.43. The molecule has 0 heterocycles. The van der Waals surface area contributed by atoms with Crippen LogP contribution in [-0.2, 0) is 10.8 Å². The first-order valence-corrected chi connectivity index (χ1v) is 10.6. The molecule has 0 aliphatic heterocycles. The van der Waals surface area contributed by atoms with Gasteiger partial charge in [0.25, 0.3) is 0 Å². The summed E-state index contributed by atoms with van der Waals surface area (Å²) in [5, 5.41) is 0. The lowest BCUT2D eigenvalue weighted by molar-refractivity contribution is 0.327. The number of halogens is 2. The van der Waals surface area contributed by atoms with E-state index in [0.29, 0.717) is 0 Å². The lowest BCUT2D eigenvalue weighted by Crippen LogP contribution is -2.29. The molecule has 0 N–H and O–H groups in total. The molecule has 0 atom stereocenters. The fourth-order valence-corrected chi connectivity index (χ4v) is 4.42. The third-order valence-electron chi connectivity index (χ3n) is 3.51. The normalized spacial score (nSPS) is 11.8. The van der Waals surface area contributed by atoms with Gasteiger partial charge >= 0.3 is 0 Å². The van der Waals surface area contributed by atoms with Gasteiger partial charge in [-0.15, -0.1) is 0 Å². The van der Waals surface area contributed by atoms with Crippen LogP contribution in [0.4, 0.5) is 8.78 Å². The van der Waals surface area contributed by atoms with Crippen molar-refractivity contribution in [1.82, 2.24) is 0 Å². The molecule has 0 aromatic heterocycles. The molecule has 0 radical (unpaired) electrons. The second-order valence-corrected chi connectivity index (χ2v) is 10.2. The van der Waals surface area contributed by atoms with Gasteiger partial charge in [0.05, 0.1) is 0 Å². The van der Waals surface area contributed by atoms with Crippen molar-refractivity contribution in [1.29, 1.82) is 0 Å². The second-order valence-electron chi connectivity index (χ2n) is 5.86. The van der Waals surface area contributed by atoms with Crippen molar-refractivity contribution >= 4 is 8.32 Å². The number of benzene rings is 1. The van der Waals surface area contributed by atoms with Crippen molar-refractivity contribution < 1.29 is 13.2 Å². The molecule has 0 aliphatic rings. The Bertz CT molecular complexity index is 407. The van der Waals surface area contributed by atoms with E-state index >= 15 is 0 Å². The number of hydrogen-bond acceptors (Lipinski definition) is 1. The Kier molecular flexibility index (Phi) is 7.38. The van der Waals surface area contributed by atoms with Crippen LogP contribution in [-0.4, -0.2) is 14.9 Å². The smallest absolute Gasteiger partial charge is 0.186 e. The zero-order chi connectivity index (χ0) is 15.0. The minimum Gasteiger partial charge on any atom is -0.418 e. The Balaban J connectivity index is 2.14. The Morgan fingerprint density at radius 1 is 1.00 bits per heavy atom. The van der Waals surface area contributed by atoms with E-state index in [-0.39, 0.29) is 0 Å². The molecule has 4 heteroatoms. The largest absolute Gasteiger partial charge is 0.418 e. The first-order chi connectivity index (χ1) is 9.44. The van der Waals surface area contributed by atoms with Crippen molar-refractivity contribution in [3.05, 3.63) is 35.4 Å². The van der Waals surface area contributed by atoms with Gasteiger partial charge in [-0.3, -0.25) is 0 Å². The topological polar surface area (TPSA) is 9.23 Å². The van der Waals surface area contributed by atoms with Crippen LogP contribution < -0.4 is 0 Å². The predicted octanol–water partition coefficient (Wildman–Crippen LogP) is 5.31. The molecule has 0 saturated heterocycles. The molecule has 1 aromatic rings. The second kappa shape index (κ2) is 8.52. The van der Waals surface area contributed by atoms with E-state index in [2.05, 4.69) is 20.0 Å². The number of rotatable bonds is 9. The molecular formula is C16H26F2OSi. The van der Waals surface area contributed by atoms with Gasteiger partial charge in [0.1, 0.15) is 0 Å². The molecule has 114 valence electrons. The van der Waals surface area contributed by atoms with Crippen LogP contribution in [0.5, 0.6) is 0 Å².